The molecule has 0 aromatic carbocycles. The van der Waals surface area contributed by atoms with Gasteiger partial charge >= 0.3 is 5.97 Å². The minimum atomic E-state index is -0.688. The van der Waals surface area contributed by atoms with E-state index in [-0.39, 0.29) is 11.5 Å². The molecular formula is C8H12O3. The van der Waals surface area contributed by atoms with E-state index in [1.165, 1.54) is 0 Å². The largest absolute Gasteiger partial charge is 0.481 e. The van der Waals surface area contributed by atoms with Gasteiger partial charge in [-0.1, -0.05) is 0 Å². The molecule has 0 aromatic heterocycles. The minimum Gasteiger partial charge on any atom is -0.481 e. The molecule has 1 aliphatic heterocycles. The van der Waals surface area contributed by atoms with Crippen LogP contribution in [-0.2, 0) is 9.53 Å². The average molecular weight is 156 g/mol. The molecule has 2 aliphatic rings. The van der Waals surface area contributed by atoms with E-state index in [2.05, 4.69) is 0 Å². The molecule has 1 spiro atoms. The minimum absolute atomic E-state index is 0.206. The lowest BCUT2D eigenvalue weighted by molar-refractivity contribution is -0.141. The van der Waals surface area contributed by atoms with E-state index in [1.807, 2.05) is 0 Å². The lowest BCUT2D eigenvalue weighted by Gasteiger charge is -2.22. The van der Waals surface area contributed by atoms with Gasteiger partial charge in [-0.3, -0.25) is 4.79 Å². The van der Waals surface area contributed by atoms with Crippen molar-refractivity contribution < 1.29 is 14.6 Å². The number of hydrogen-bond donors (Lipinski definition) is 1. The van der Waals surface area contributed by atoms with Gasteiger partial charge in [0.1, 0.15) is 0 Å². The number of ether oxygens (including phenoxy) is 1. The molecule has 1 N–H and O–H groups in total. The van der Waals surface area contributed by atoms with E-state index in [1.54, 1.807) is 0 Å². The summed E-state index contributed by atoms with van der Waals surface area (Å²) < 4.78 is 5.47. The summed E-state index contributed by atoms with van der Waals surface area (Å²) in [6.07, 6.45) is 3.91. The van der Waals surface area contributed by atoms with Crippen LogP contribution < -0.4 is 0 Å². The van der Waals surface area contributed by atoms with Crippen molar-refractivity contribution in [2.45, 2.75) is 31.3 Å². The predicted molar refractivity (Wildman–Crippen MR) is 38.3 cm³/mol. The Morgan fingerprint density at radius 2 is 2.36 bits per heavy atom. The fourth-order valence-corrected chi connectivity index (χ4v) is 1.91. The van der Waals surface area contributed by atoms with E-state index >= 15 is 0 Å². The van der Waals surface area contributed by atoms with Crippen molar-refractivity contribution in [3.05, 3.63) is 0 Å². The van der Waals surface area contributed by atoms with Gasteiger partial charge < -0.3 is 9.84 Å². The normalized spacial score (nSPS) is 42.4. The van der Waals surface area contributed by atoms with Crippen LogP contribution in [0.15, 0.2) is 0 Å². The van der Waals surface area contributed by atoms with Crippen molar-refractivity contribution in [3.63, 3.8) is 0 Å². The number of carboxylic acid groups (broad SMARTS) is 1. The van der Waals surface area contributed by atoms with Crippen molar-refractivity contribution in [3.8, 4) is 0 Å². The fraction of sp³-hybridized carbons (Fsp3) is 0.875. The van der Waals surface area contributed by atoms with E-state index in [4.69, 9.17) is 9.84 Å². The third-order valence-electron chi connectivity index (χ3n) is 2.71. The summed E-state index contributed by atoms with van der Waals surface area (Å²) in [4.78, 5) is 10.6. The topological polar surface area (TPSA) is 46.5 Å². The molecule has 3 nitrogen and oxygen atoms in total. The molecule has 2 fully saturated rings. The first-order chi connectivity index (χ1) is 5.25. The Morgan fingerprint density at radius 3 is 2.82 bits per heavy atom. The summed E-state index contributed by atoms with van der Waals surface area (Å²) >= 11 is 0. The summed E-state index contributed by atoms with van der Waals surface area (Å²) in [5.74, 6) is -0.894. The van der Waals surface area contributed by atoms with E-state index in [0.29, 0.717) is 0 Å². The molecule has 0 aromatic rings. The molecule has 62 valence electrons. The molecule has 1 aliphatic carbocycles. The maximum atomic E-state index is 10.6. The van der Waals surface area contributed by atoms with Gasteiger partial charge in [-0.2, -0.15) is 0 Å². The van der Waals surface area contributed by atoms with Crippen LogP contribution in [0.25, 0.3) is 0 Å². The maximum absolute atomic E-state index is 10.6. The van der Waals surface area contributed by atoms with Crippen LogP contribution in [0.5, 0.6) is 0 Å². The molecule has 0 amide bonds. The van der Waals surface area contributed by atoms with Gasteiger partial charge in [-0.05, 0) is 25.7 Å². The fourth-order valence-electron chi connectivity index (χ4n) is 1.91. The number of hydrogen-bond acceptors (Lipinski definition) is 2. The monoisotopic (exact) mass is 156 g/mol. The van der Waals surface area contributed by atoms with Crippen molar-refractivity contribution in [2.24, 2.45) is 5.92 Å². The number of rotatable bonds is 1. The van der Waals surface area contributed by atoms with Crippen molar-refractivity contribution in [1.29, 1.82) is 0 Å². The first kappa shape index (κ1) is 7.10. The Kier molecular flexibility index (Phi) is 1.42. The Morgan fingerprint density at radius 1 is 1.55 bits per heavy atom. The van der Waals surface area contributed by atoms with E-state index < -0.39 is 5.97 Å². The zero-order valence-corrected chi connectivity index (χ0v) is 6.38. The third kappa shape index (κ3) is 1.03. The molecule has 0 bridgehead atoms. The number of carbonyl (C=O) groups is 1. The van der Waals surface area contributed by atoms with Gasteiger partial charge in [0.2, 0.25) is 0 Å². The molecule has 1 saturated heterocycles. The highest BCUT2D eigenvalue weighted by molar-refractivity contribution is 5.75. The predicted octanol–water partition coefficient (Wildman–Crippen LogP) is 1.03. The number of aliphatic carboxylic acids is 1. The third-order valence-corrected chi connectivity index (χ3v) is 2.71. The number of carboxylic acids is 1. The average Bonchev–Trinajstić information content (AvgIpc) is 2.66. The SMILES string of the molecule is O=C(O)C1CC12CCCCO2. The lowest BCUT2D eigenvalue weighted by atomic mass is 10.1. The first-order valence-electron chi connectivity index (χ1n) is 4.11. The molecule has 3 heteroatoms. The Balaban J connectivity index is 1.99. The highest BCUT2D eigenvalue weighted by atomic mass is 16.5. The summed E-state index contributed by atoms with van der Waals surface area (Å²) in [7, 11) is 0. The van der Waals surface area contributed by atoms with Gasteiger partial charge in [0.15, 0.2) is 0 Å². The second-order valence-electron chi connectivity index (χ2n) is 3.47. The lowest BCUT2D eigenvalue weighted by Crippen LogP contribution is -2.25. The molecule has 2 rings (SSSR count). The second kappa shape index (κ2) is 2.21. The molecular weight excluding hydrogens is 144 g/mol. The summed E-state index contributed by atoms with van der Waals surface area (Å²) in [5.41, 5.74) is -0.232. The van der Waals surface area contributed by atoms with Crippen LogP contribution in [0, 0.1) is 5.92 Å². The summed E-state index contributed by atoms with van der Waals surface area (Å²) in [6.45, 7) is 0.754. The smallest absolute Gasteiger partial charge is 0.309 e. The second-order valence-corrected chi connectivity index (χ2v) is 3.47. The zero-order valence-electron chi connectivity index (χ0n) is 6.38. The quantitative estimate of drug-likeness (QED) is 0.616. The standard InChI is InChI=1S/C8H12O3/c9-7(10)6-5-8(6)3-1-2-4-11-8/h6H,1-5H2,(H,9,10). The van der Waals surface area contributed by atoms with Crippen molar-refractivity contribution in [1.82, 2.24) is 0 Å². The molecule has 2 atom stereocenters. The zero-order chi connectivity index (χ0) is 7.90. The van der Waals surface area contributed by atoms with Crippen LogP contribution in [0.2, 0.25) is 0 Å². The molecule has 1 saturated carbocycles. The highest BCUT2D eigenvalue weighted by Gasteiger charge is 2.60. The molecule has 11 heavy (non-hydrogen) atoms. The van der Waals surface area contributed by atoms with E-state index in [0.717, 1.165) is 32.3 Å². The van der Waals surface area contributed by atoms with Gasteiger partial charge in [-0.25, -0.2) is 0 Å². The van der Waals surface area contributed by atoms with Crippen LogP contribution in [0.4, 0.5) is 0 Å². The Bertz CT molecular complexity index is 182. The van der Waals surface area contributed by atoms with Crippen LogP contribution in [-0.4, -0.2) is 23.3 Å². The van der Waals surface area contributed by atoms with Crippen molar-refractivity contribution >= 4 is 5.97 Å². The maximum Gasteiger partial charge on any atom is 0.309 e. The van der Waals surface area contributed by atoms with Crippen LogP contribution >= 0.6 is 0 Å². The Labute approximate surface area is 65.4 Å². The first-order valence-corrected chi connectivity index (χ1v) is 4.11. The molecule has 2 unspecified atom stereocenters. The Hall–Kier alpha value is -0.570. The molecule has 1 heterocycles. The summed E-state index contributed by atoms with van der Waals surface area (Å²) in [6, 6.07) is 0. The highest BCUT2D eigenvalue weighted by Crippen LogP contribution is 2.52. The van der Waals surface area contributed by atoms with Gasteiger partial charge in [0, 0.05) is 6.61 Å². The van der Waals surface area contributed by atoms with Crippen molar-refractivity contribution in [2.75, 3.05) is 6.61 Å². The summed E-state index contributed by atoms with van der Waals surface area (Å²) in [5, 5.41) is 8.69. The van der Waals surface area contributed by atoms with E-state index in [9.17, 15) is 4.79 Å². The molecule has 0 radical (unpaired) electrons. The van der Waals surface area contributed by atoms with Gasteiger partial charge in [0.25, 0.3) is 0 Å². The van der Waals surface area contributed by atoms with Crippen LogP contribution in [0.3, 0.4) is 0 Å². The van der Waals surface area contributed by atoms with Gasteiger partial charge in [0.05, 0.1) is 11.5 Å². The van der Waals surface area contributed by atoms with Crippen LogP contribution in [0.1, 0.15) is 25.7 Å². The van der Waals surface area contributed by atoms with Gasteiger partial charge in [-0.15, -0.1) is 0 Å².